The van der Waals surface area contributed by atoms with Crippen LogP contribution in [0, 0.1) is 0 Å². The summed E-state index contributed by atoms with van der Waals surface area (Å²) in [7, 11) is 0. The van der Waals surface area contributed by atoms with Gasteiger partial charge in [0.2, 0.25) is 5.91 Å². The third kappa shape index (κ3) is 7.12. The van der Waals surface area contributed by atoms with Crippen LogP contribution >= 0.6 is 0 Å². The molecule has 170 valence electrons. The Morgan fingerprint density at radius 3 is 2.12 bits per heavy atom. The first-order valence-electron chi connectivity index (χ1n) is 11.0. The fraction of sp³-hybridized carbons (Fsp3) is 0.222. The van der Waals surface area contributed by atoms with Crippen molar-refractivity contribution in [2.24, 2.45) is 4.99 Å². The van der Waals surface area contributed by atoms with Crippen molar-refractivity contribution in [2.45, 2.75) is 32.4 Å². The number of para-hydroxylation sites is 1. The minimum absolute atomic E-state index is 0.176. The Morgan fingerprint density at radius 1 is 0.879 bits per heavy atom. The molecule has 0 unspecified atom stereocenters. The van der Waals surface area contributed by atoms with Crippen LogP contribution < -0.4 is 10.6 Å². The van der Waals surface area contributed by atoms with E-state index in [1.807, 2.05) is 92.7 Å². The number of benzene rings is 3. The van der Waals surface area contributed by atoms with E-state index in [9.17, 15) is 14.7 Å². The smallest absolute Gasteiger partial charge is 0.328 e. The van der Waals surface area contributed by atoms with Crippen molar-refractivity contribution in [1.29, 1.82) is 0 Å². The van der Waals surface area contributed by atoms with Crippen molar-refractivity contribution in [2.75, 3.05) is 11.9 Å². The second-order valence-electron chi connectivity index (χ2n) is 8.02. The number of nitrogens with zero attached hydrogens (tertiary/aromatic N) is 1. The summed E-state index contributed by atoms with van der Waals surface area (Å²) in [6, 6.07) is 25.4. The molecule has 1 amide bonds. The number of rotatable bonds is 10. The number of carboxylic acids is 1. The number of nitrogens with one attached hydrogen (secondary N) is 2. The average Bonchev–Trinajstić information content (AvgIpc) is 2.82. The van der Waals surface area contributed by atoms with Crippen molar-refractivity contribution in [1.82, 2.24) is 5.32 Å². The maximum atomic E-state index is 12.5. The predicted octanol–water partition coefficient (Wildman–Crippen LogP) is 4.16. The highest BCUT2D eigenvalue weighted by Crippen LogP contribution is 2.22. The molecule has 0 heterocycles. The second-order valence-corrected chi connectivity index (χ2v) is 8.02. The summed E-state index contributed by atoms with van der Waals surface area (Å²) in [6.45, 7) is 4.12. The first-order valence-corrected chi connectivity index (χ1v) is 11.0. The van der Waals surface area contributed by atoms with Gasteiger partial charge >= 0.3 is 5.97 Å². The molecule has 6 nitrogen and oxygen atoms in total. The highest BCUT2D eigenvalue weighted by Gasteiger charge is 2.21. The van der Waals surface area contributed by atoms with Crippen molar-refractivity contribution >= 4 is 23.3 Å². The zero-order chi connectivity index (χ0) is 23.6. The highest BCUT2D eigenvalue weighted by atomic mass is 16.4. The van der Waals surface area contributed by atoms with Gasteiger partial charge in [-0.3, -0.25) is 9.79 Å². The van der Waals surface area contributed by atoms with Crippen LogP contribution in [-0.4, -0.2) is 41.3 Å². The largest absolute Gasteiger partial charge is 0.480 e. The fourth-order valence-electron chi connectivity index (χ4n) is 3.37. The molecule has 3 N–H and O–H groups in total. The third-order valence-corrected chi connectivity index (χ3v) is 5.02. The molecule has 0 aromatic heterocycles. The Hall–Kier alpha value is -3.77. The topological polar surface area (TPSA) is 90.8 Å². The number of amides is 1. The lowest BCUT2D eigenvalue weighted by Crippen LogP contribution is -2.33. The second kappa shape index (κ2) is 11.7. The minimum atomic E-state index is -1.00. The van der Waals surface area contributed by atoms with Crippen LogP contribution in [0.1, 0.15) is 30.5 Å². The quantitative estimate of drug-likeness (QED) is 0.411. The lowest BCUT2D eigenvalue weighted by Gasteiger charge is -2.17. The first kappa shape index (κ1) is 23.9. The van der Waals surface area contributed by atoms with Crippen molar-refractivity contribution in [3.05, 3.63) is 102 Å². The van der Waals surface area contributed by atoms with Gasteiger partial charge in [-0.15, -0.1) is 0 Å². The molecule has 0 saturated carbocycles. The first-order chi connectivity index (χ1) is 15.9. The zero-order valence-corrected chi connectivity index (χ0v) is 18.9. The molecule has 3 aromatic rings. The van der Waals surface area contributed by atoms with Crippen LogP contribution in [-0.2, 0) is 16.0 Å². The number of hydrogen-bond donors (Lipinski definition) is 3. The van der Waals surface area contributed by atoms with Crippen LogP contribution in [0.2, 0.25) is 0 Å². The van der Waals surface area contributed by atoms with Gasteiger partial charge in [-0.2, -0.15) is 0 Å². The summed E-state index contributed by atoms with van der Waals surface area (Å²) in [4.78, 5) is 29.3. The van der Waals surface area contributed by atoms with Gasteiger partial charge in [0.1, 0.15) is 0 Å². The molecule has 0 spiro atoms. The van der Waals surface area contributed by atoms with Crippen LogP contribution in [0.5, 0.6) is 0 Å². The van der Waals surface area contributed by atoms with E-state index < -0.39 is 12.0 Å². The van der Waals surface area contributed by atoms with Crippen LogP contribution in [0.4, 0.5) is 5.69 Å². The monoisotopic (exact) mass is 443 g/mol. The lowest BCUT2D eigenvalue weighted by atomic mass is 9.99. The number of carbonyl (C=O) groups is 2. The van der Waals surface area contributed by atoms with Crippen LogP contribution in [0.25, 0.3) is 0 Å². The standard InChI is InChI=1S/C27H29N3O3/c1-19(2)28-18-25(31)29-23-16-10-9-15-22(23)26(21-13-7-4-8-14-21)30-24(27(32)33)17-20-11-5-3-6-12-20/h3-16,19,24,28H,17-18H2,1-2H3,(H,29,31)(H,32,33)/t24-/m0/s1. The van der Waals surface area contributed by atoms with Gasteiger partial charge in [-0.1, -0.05) is 92.7 Å². The molecular weight excluding hydrogens is 414 g/mol. The van der Waals surface area contributed by atoms with E-state index in [-0.39, 0.29) is 24.9 Å². The molecule has 0 bridgehead atoms. The van der Waals surface area contributed by atoms with E-state index in [0.29, 0.717) is 17.0 Å². The molecule has 6 heteroatoms. The molecule has 0 saturated heterocycles. The van der Waals surface area contributed by atoms with Gasteiger partial charge in [-0.25, -0.2) is 4.79 Å². The van der Waals surface area contributed by atoms with E-state index >= 15 is 0 Å². The van der Waals surface area contributed by atoms with Crippen molar-refractivity contribution in [3.63, 3.8) is 0 Å². The van der Waals surface area contributed by atoms with Gasteiger partial charge in [0.15, 0.2) is 6.04 Å². The number of aliphatic carboxylic acids is 1. The normalized spacial score (nSPS) is 12.4. The molecule has 3 rings (SSSR count). The zero-order valence-electron chi connectivity index (χ0n) is 18.9. The number of carboxylic acid groups (broad SMARTS) is 1. The minimum Gasteiger partial charge on any atom is -0.480 e. The highest BCUT2D eigenvalue weighted by molar-refractivity contribution is 6.17. The lowest BCUT2D eigenvalue weighted by molar-refractivity contribution is -0.138. The number of carbonyl (C=O) groups excluding carboxylic acids is 1. The Balaban J connectivity index is 2.01. The Bertz CT molecular complexity index is 1100. The van der Waals surface area contributed by atoms with Crippen molar-refractivity contribution < 1.29 is 14.7 Å². The average molecular weight is 444 g/mol. The third-order valence-electron chi connectivity index (χ3n) is 5.02. The molecule has 3 aromatic carbocycles. The predicted molar refractivity (Wildman–Crippen MR) is 132 cm³/mol. The Morgan fingerprint density at radius 2 is 1.48 bits per heavy atom. The summed E-state index contributed by atoms with van der Waals surface area (Å²) in [5, 5.41) is 16.0. The summed E-state index contributed by atoms with van der Waals surface area (Å²) in [6.07, 6.45) is 0.263. The maximum absolute atomic E-state index is 12.5. The summed E-state index contributed by atoms with van der Waals surface area (Å²) in [5.74, 6) is -1.18. The van der Waals surface area contributed by atoms with E-state index in [2.05, 4.69) is 10.6 Å². The van der Waals surface area contributed by atoms with E-state index in [1.165, 1.54) is 0 Å². The number of hydrogen-bond acceptors (Lipinski definition) is 4. The summed E-state index contributed by atoms with van der Waals surface area (Å²) in [5.41, 5.74) is 3.44. The molecule has 1 atom stereocenters. The molecular formula is C27H29N3O3. The van der Waals surface area contributed by atoms with E-state index in [0.717, 1.165) is 11.1 Å². The van der Waals surface area contributed by atoms with Gasteiger partial charge in [0.25, 0.3) is 0 Å². The van der Waals surface area contributed by atoms with Gasteiger partial charge < -0.3 is 15.7 Å². The number of anilines is 1. The summed E-state index contributed by atoms with van der Waals surface area (Å²) >= 11 is 0. The van der Waals surface area contributed by atoms with E-state index in [1.54, 1.807) is 6.07 Å². The number of aliphatic imine (C=N–C) groups is 1. The molecule has 0 radical (unpaired) electrons. The molecule has 0 aliphatic carbocycles. The maximum Gasteiger partial charge on any atom is 0.328 e. The molecule has 33 heavy (non-hydrogen) atoms. The van der Waals surface area contributed by atoms with Gasteiger partial charge in [-0.05, 0) is 11.6 Å². The van der Waals surface area contributed by atoms with Crippen LogP contribution in [0.3, 0.4) is 0 Å². The fourth-order valence-corrected chi connectivity index (χ4v) is 3.37. The molecule has 0 aliphatic heterocycles. The van der Waals surface area contributed by atoms with E-state index in [4.69, 9.17) is 4.99 Å². The SMILES string of the molecule is CC(C)NCC(=O)Nc1ccccc1C(=N[C@@H](Cc1ccccc1)C(=O)O)c1ccccc1. The molecule has 0 aliphatic rings. The van der Waals surface area contributed by atoms with Crippen molar-refractivity contribution in [3.8, 4) is 0 Å². The van der Waals surface area contributed by atoms with Crippen LogP contribution in [0.15, 0.2) is 89.9 Å². The molecule has 0 fully saturated rings. The van der Waals surface area contributed by atoms with Gasteiger partial charge in [0, 0.05) is 23.6 Å². The summed E-state index contributed by atoms with van der Waals surface area (Å²) < 4.78 is 0. The van der Waals surface area contributed by atoms with Gasteiger partial charge in [0.05, 0.1) is 17.9 Å². The Labute approximate surface area is 194 Å². The Kier molecular flexibility index (Phi) is 8.49.